The molecule has 30 heavy (non-hydrogen) atoms. The van der Waals surface area contributed by atoms with Crippen molar-refractivity contribution in [1.29, 1.82) is 0 Å². The first-order valence-corrected chi connectivity index (χ1v) is 9.19. The molecule has 8 nitrogen and oxygen atoms in total. The number of aromatic hydroxyl groups is 1. The van der Waals surface area contributed by atoms with Gasteiger partial charge in [-0.2, -0.15) is 5.10 Å². The largest absolute Gasteiger partial charge is 0.506 e. The summed E-state index contributed by atoms with van der Waals surface area (Å²) in [6.07, 6.45) is 5.27. The van der Waals surface area contributed by atoms with Crippen molar-refractivity contribution in [3.05, 3.63) is 58.1 Å². The quantitative estimate of drug-likeness (QED) is 0.410. The standard InChI is InChI=1S/C21H21ClN2O6/c1-29-18-10-13(9-14(20(18)30-2)5-3-4-6-19(26)27)12-23-24-21(28)15-7-8-17(25)16(22)11-15/h3,5,7-12,25H,4,6H2,1-2H3,(H,24,28)(H,26,27)/b5-3+,23-12+. The lowest BCUT2D eigenvalue weighted by Crippen LogP contribution is -2.17. The van der Waals surface area contributed by atoms with Crippen molar-refractivity contribution in [2.24, 2.45) is 5.10 Å². The van der Waals surface area contributed by atoms with Gasteiger partial charge in [-0.05, 0) is 42.3 Å². The number of phenolic OH excluding ortho intramolecular Hbond substituents is 1. The predicted octanol–water partition coefficient (Wildman–Crippen LogP) is 3.70. The first kappa shape index (κ1) is 22.8. The fourth-order valence-corrected chi connectivity index (χ4v) is 2.69. The number of nitrogens with one attached hydrogen (secondary N) is 1. The van der Waals surface area contributed by atoms with Gasteiger partial charge in [-0.3, -0.25) is 9.59 Å². The number of ether oxygens (including phenoxy) is 2. The molecule has 0 aliphatic rings. The van der Waals surface area contributed by atoms with Gasteiger partial charge in [0.15, 0.2) is 11.5 Å². The highest BCUT2D eigenvalue weighted by molar-refractivity contribution is 6.32. The molecule has 0 aromatic heterocycles. The number of hydrazone groups is 1. The molecule has 0 aliphatic carbocycles. The van der Waals surface area contributed by atoms with Crippen LogP contribution in [0.25, 0.3) is 6.08 Å². The van der Waals surface area contributed by atoms with Crippen molar-refractivity contribution >= 4 is 35.8 Å². The van der Waals surface area contributed by atoms with Gasteiger partial charge in [0.25, 0.3) is 5.91 Å². The maximum absolute atomic E-state index is 12.1. The van der Waals surface area contributed by atoms with E-state index in [9.17, 15) is 14.7 Å². The summed E-state index contributed by atoms with van der Waals surface area (Å²) in [6, 6.07) is 7.51. The van der Waals surface area contributed by atoms with Gasteiger partial charge in [0.2, 0.25) is 0 Å². The smallest absolute Gasteiger partial charge is 0.303 e. The Kier molecular flexibility index (Phi) is 8.25. The molecule has 0 radical (unpaired) electrons. The van der Waals surface area contributed by atoms with Crippen molar-refractivity contribution in [1.82, 2.24) is 5.43 Å². The Morgan fingerprint density at radius 3 is 2.60 bits per heavy atom. The summed E-state index contributed by atoms with van der Waals surface area (Å²) < 4.78 is 10.7. The lowest BCUT2D eigenvalue weighted by molar-refractivity contribution is -0.136. The van der Waals surface area contributed by atoms with Crippen LogP contribution >= 0.6 is 11.6 Å². The number of carboxylic acids is 1. The molecule has 2 rings (SSSR count). The number of benzene rings is 2. The molecular weight excluding hydrogens is 412 g/mol. The Labute approximate surface area is 178 Å². The molecule has 0 atom stereocenters. The third-order valence-corrected chi connectivity index (χ3v) is 4.24. The second-order valence-electron chi connectivity index (χ2n) is 6.05. The van der Waals surface area contributed by atoms with Gasteiger partial charge < -0.3 is 19.7 Å². The molecule has 9 heteroatoms. The normalized spacial score (nSPS) is 11.0. The summed E-state index contributed by atoms with van der Waals surface area (Å²) in [5, 5.41) is 22.2. The molecule has 0 heterocycles. The summed E-state index contributed by atoms with van der Waals surface area (Å²) >= 11 is 5.80. The monoisotopic (exact) mass is 432 g/mol. The molecule has 2 aromatic rings. The van der Waals surface area contributed by atoms with Crippen LogP contribution < -0.4 is 14.9 Å². The van der Waals surface area contributed by atoms with Crippen molar-refractivity contribution in [2.45, 2.75) is 12.8 Å². The Morgan fingerprint density at radius 2 is 1.97 bits per heavy atom. The number of phenols is 1. The number of hydrogen-bond donors (Lipinski definition) is 3. The van der Waals surface area contributed by atoms with Gasteiger partial charge in [-0.15, -0.1) is 0 Å². The van der Waals surface area contributed by atoms with Crippen LogP contribution in [0.4, 0.5) is 0 Å². The second-order valence-corrected chi connectivity index (χ2v) is 6.45. The number of hydrogen-bond acceptors (Lipinski definition) is 6. The first-order valence-electron chi connectivity index (χ1n) is 8.82. The summed E-state index contributed by atoms with van der Waals surface area (Å²) in [5.74, 6) is -0.552. The van der Waals surface area contributed by atoms with Crippen molar-refractivity contribution in [3.63, 3.8) is 0 Å². The van der Waals surface area contributed by atoms with E-state index in [0.717, 1.165) is 0 Å². The van der Waals surface area contributed by atoms with Crippen LogP contribution in [-0.2, 0) is 4.79 Å². The highest BCUT2D eigenvalue weighted by Gasteiger charge is 2.11. The minimum absolute atomic E-state index is 0.0183. The van der Waals surface area contributed by atoms with Gasteiger partial charge in [0.05, 0.1) is 25.5 Å². The molecule has 3 N–H and O–H groups in total. The van der Waals surface area contributed by atoms with Crippen LogP contribution in [0.3, 0.4) is 0 Å². The third-order valence-electron chi connectivity index (χ3n) is 3.94. The molecule has 1 amide bonds. The predicted molar refractivity (Wildman–Crippen MR) is 114 cm³/mol. The molecule has 0 aliphatic heterocycles. The topological polar surface area (TPSA) is 117 Å². The summed E-state index contributed by atoms with van der Waals surface area (Å²) in [5.41, 5.74) is 3.91. The number of rotatable bonds is 9. The number of carboxylic acid groups (broad SMARTS) is 1. The van der Waals surface area contributed by atoms with Crippen LogP contribution in [0, 0.1) is 0 Å². The number of aliphatic carboxylic acids is 1. The molecule has 0 bridgehead atoms. The summed E-state index contributed by atoms with van der Waals surface area (Å²) in [7, 11) is 3.00. The van der Waals surface area contributed by atoms with Gasteiger partial charge in [0.1, 0.15) is 5.75 Å². The Hall–Kier alpha value is -3.52. The molecular formula is C21H21ClN2O6. The van der Waals surface area contributed by atoms with E-state index in [0.29, 0.717) is 29.0 Å². The van der Waals surface area contributed by atoms with Gasteiger partial charge in [-0.1, -0.05) is 23.8 Å². The molecule has 0 saturated heterocycles. The Balaban J connectivity index is 2.19. The number of allylic oxidation sites excluding steroid dienone is 1. The van der Waals surface area contributed by atoms with Crippen molar-refractivity contribution in [2.75, 3.05) is 14.2 Å². The zero-order valence-electron chi connectivity index (χ0n) is 16.4. The summed E-state index contributed by atoms with van der Waals surface area (Å²) in [6.45, 7) is 0. The number of halogens is 1. The molecule has 0 fully saturated rings. The Morgan fingerprint density at radius 1 is 1.20 bits per heavy atom. The van der Waals surface area contributed by atoms with Crippen LogP contribution in [0.2, 0.25) is 5.02 Å². The van der Waals surface area contributed by atoms with Crippen molar-refractivity contribution in [3.8, 4) is 17.2 Å². The highest BCUT2D eigenvalue weighted by atomic mass is 35.5. The van der Waals surface area contributed by atoms with E-state index in [1.54, 1.807) is 24.3 Å². The molecule has 158 valence electrons. The molecule has 2 aromatic carbocycles. The van der Waals surface area contributed by atoms with E-state index >= 15 is 0 Å². The number of nitrogens with zero attached hydrogens (tertiary/aromatic N) is 1. The van der Waals surface area contributed by atoms with Crippen LogP contribution in [0.1, 0.15) is 34.3 Å². The average molecular weight is 433 g/mol. The van der Waals surface area contributed by atoms with Gasteiger partial charge in [0, 0.05) is 17.5 Å². The summed E-state index contributed by atoms with van der Waals surface area (Å²) in [4.78, 5) is 22.8. The zero-order valence-corrected chi connectivity index (χ0v) is 17.1. The van der Waals surface area contributed by atoms with E-state index in [2.05, 4.69) is 10.5 Å². The van der Waals surface area contributed by atoms with Crippen LogP contribution in [-0.4, -0.2) is 42.5 Å². The fraction of sp³-hybridized carbons (Fsp3) is 0.190. The van der Waals surface area contributed by atoms with E-state index < -0.39 is 11.9 Å². The fourth-order valence-electron chi connectivity index (χ4n) is 2.51. The minimum Gasteiger partial charge on any atom is -0.506 e. The van der Waals surface area contributed by atoms with E-state index in [4.69, 9.17) is 26.2 Å². The number of carbonyl (C=O) groups is 2. The van der Waals surface area contributed by atoms with Gasteiger partial charge in [-0.25, -0.2) is 5.43 Å². The maximum Gasteiger partial charge on any atom is 0.303 e. The number of carbonyl (C=O) groups excluding carboxylic acids is 1. The lowest BCUT2D eigenvalue weighted by Gasteiger charge is -2.12. The number of methoxy groups -OCH3 is 2. The number of amides is 1. The third kappa shape index (κ3) is 6.25. The Bertz CT molecular complexity index is 988. The second kappa shape index (κ2) is 10.9. The zero-order chi connectivity index (χ0) is 22.1. The molecule has 0 saturated carbocycles. The highest BCUT2D eigenvalue weighted by Crippen LogP contribution is 2.33. The molecule has 0 unspecified atom stereocenters. The minimum atomic E-state index is -0.879. The van der Waals surface area contributed by atoms with E-state index in [1.807, 2.05) is 0 Å². The van der Waals surface area contributed by atoms with Crippen LogP contribution in [0.5, 0.6) is 17.2 Å². The maximum atomic E-state index is 12.1. The van der Waals surface area contributed by atoms with Crippen molar-refractivity contribution < 1.29 is 29.3 Å². The van der Waals surface area contributed by atoms with Gasteiger partial charge >= 0.3 is 5.97 Å². The van der Waals surface area contributed by atoms with E-state index in [-0.39, 0.29) is 22.8 Å². The van der Waals surface area contributed by atoms with Crippen LogP contribution in [0.15, 0.2) is 41.5 Å². The first-order chi connectivity index (χ1) is 14.3. The van der Waals surface area contributed by atoms with E-state index in [1.165, 1.54) is 38.6 Å². The SMILES string of the molecule is COc1cc(/C=N/NC(=O)c2ccc(O)c(Cl)c2)cc(/C=C/CCC(=O)O)c1OC. The lowest BCUT2D eigenvalue weighted by atomic mass is 10.1. The average Bonchev–Trinajstić information content (AvgIpc) is 2.72. The molecule has 0 spiro atoms.